The average molecular weight is 406 g/mol. The summed E-state index contributed by atoms with van der Waals surface area (Å²) in [6, 6.07) is 9.50. The SMILES string of the molecule is Cc1cc(C(=O)Nc2ccccc2I)c2c(C)nn(C)c2n1. The fourth-order valence-corrected chi connectivity index (χ4v) is 3.02. The van der Waals surface area contributed by atoms with Crippen molar-refractivity contribution in [1.29, 1.82) is 0 Å². The van der Waals surface area contributed by atoms with Crippen molar-refractivity contribution < 1.29 is 4.79 Å². The number of carbonyl (C=O) groups excluding carboxylic acids is 1. The number of rotatable bonds is 2. The first-order valence-electron chi connectivity index (χ1n) is 6.84. The summed E-state index contributed by atoms with van der Waals surface area (Å²) in [5, 5.41) is 8.15. The number of pyridine rings is 1. The van der Waals surface area contributed by atoms with Gasteiger partial charge in [0.2, 0.25) is 0 Å². The van der Waals surface area contributed by atoms with E-state index in [9.17, 15) is 4.79 Å². The van der Waals surface area contributed by atoms with Gasteiger partial charge in [0.25, 0.3) is 5.91 Å². The number of nitrogens with zero attached hydrogens (tertiary/aromatic N) is 3. The molecule has 0 aliphatic rings. The van der Waals surface area contributed by atoms with Crippen molar-refractivity contribution in [3.05, 3.63) is 50.9 Å². The molecule has 0 aliphatic heterocycles. The van der Waals surface area contributed by atoms with Crippen LogP contribution in [0.25, 0.3) is 11.0 Å². The lowest BCUT2D eigenvalue weighted by Crippen LogP contribution is -2.14. The highest BCUT2D eigenvalue weighted by molar-refractivity contribution is 14.1. The number of nitrogens with one attached hydrogen (secondary N) is 1. The van der Waals surface area contributed by atoms with Crippen LogP contribution in [-0.2, 0) is 7.05 Å². The molecule has 0 fully saturated rings. The minimum atomic E-state index is -0.143. The molecule has 0 saturated heterocycles. The Labute approximate surface area is 141 Å². The van der Waals surface area contributed by atoms with Crippen LogP contribution in [0.5, 0.6) is 0 Å². The summed E-state index contributed by atoms with van der Waals surface area (Å²) in [7, 11) is 1.84. The van der Waals surface area contributed by atoms with Crippen LogP contribution in [0.1, 0.15) is 21.7 Å². The van der Waals surface area contributed by atoms with Gasteiger partial charge in [0.15, 0.2) is 5.65 Å². The highest BCUT2D eigenvalue weighted by Crippen LogP contribution is 2.24. The molecule has 0 saturated carbocycles. The van der Waals surface area contributed by atoms with Crippen LogP contribution in [0.4, 0.5) is 5.69 Å². The van der Waals surface area contributed by atoms with E-state index in [1.807, 2.05) is 51.2 Å². The van der Waals surface area contributed by atoms with Gasteiger partial charge in [0.1, 0.15) is 0 Å². The molecule has 0 aliphatic carbocycles. The second-order valence-corrected chi connectivity index (χ2v) is 6.31. The van der Waals surface area contributed by atoms with Gasteiger partial charge in [-0.2, -0.15) is 5.10 Å². The van der Waals surface area contributed by atoms with E-state index in [-0.39, 0.29) is 5.91 Å². The maximum Gasteiger partial charge on any atom is 0.256 e. The third-order valence-corrected chi connectivity index (χ3v) is 4.40. The van der Waals surface area contributed by atoms with Gasteiger partial charge in [0.05, 0.1) is 22.3 Å². The fourth-order valence-electron chi connectivity index (χ4n) is 2.50. The van der Waals surface area contributed by atoms with E-state index in [4.69, 9.17) is 0 Å². The largest absolute Gasteiger partial charge is 0.321 e. The lowest BCUT2D eigenvalue weighted by molar-refractivity contribution is 0.102. The third kappa shape index (κ3) is 2.58. The van der Waals surface area contributed by atoms with Crippen LogP contribution < -0.4 is 5.32 Å². The fraction of sp³-hybridized carbons (Fsp3) is 0.188. The Balaban J connectivity index is 2.10. The molecule has 0 radical (unpaired) electrons. The monoisotopic (exact) mass is 406 g/mol. The molecule has 0 bridgehead atoms. The molecule has 0 spiro atoms. The third-order valence-electron chi connectivity index (χ3n) is 3.46. The van der Waals surface area contributed by atoms with Crippen LogP contribution in [-0.4, -0.2) is 20.7 Å². The summed E-state index contributed by atoms with van der Waals surface area (Å²) in [6.07, 6.45) is 0. The summed E-state index contributed by atoms with van der Waals surface area (Å²) in [6.45, 7) is 3.77. The minimum absolute atomic E-state index is 0.143. The van der Waals surface area contributed by atoms with E-state index in [1.165, 1.54) is 0 Å². The van der Waals surface area contributed by atoms with E-state index < -0.39 is 0 Å². The molecule has 22 heavy (non-hydrogen) atoms. The second-order valence-electron chi connectivity index (χ2n) is 5.15. The number of hydrogen-bond acceptors (Lipinski definition) is 3. The predicted molar refractivity (Wildman–Crippen MR) is 95.1 cm³/mol. The van der Waals surface area contributed by atoms with Crippen LogP contribution in [0, 0.1) is 17.4 Å². The van der Waals surface area contributed by atoms with E-state index in [1.54, 1.807) is 4.68 Å². The Morgan fingerprint density at radius 2 is 2.00 bits per heavy atom. The van der Waals surface area contributed by atoms with Crippen molar-refractivity contribution in [2.45, 2.75) is 13.8 Å². The normalized spacial score (nSPS) is 10.9. The van der Waals surface area contributed by atoms with Gasteiger partial charge in [0, 0.05) is 16.3 Å². The molecular formula is C16H15IN4O. The number of aryl methyl sites for hydroxylation is 3. The lowest BCUT2D eigenvalue weighted by atomic mass is 10.1. The Hall–Kier alpha value is -1.96. The molecule has 1 N–H and O–H groups in total. The number of fused-ring (bicyclic) bond motifs is 1. The molecule has 6 heteroatoms. The quantitative estimate of drug-likeness (QED) is 0.664. The number of amides is 1. The Morgan fingerprint density at radius 3 is 2.73 bits per heavy atom. The topological polar surface area (TPSA) is 59.8 Å². The molecule has 112 valence electrons. The zero-order valence-corrected chi connectivity index (χ0v) is 14.7. The molecule has 2 heterocycles. The first kappa shape index (κ1) is 15.0. The summed E-state index contributed by atoms with van der Waals surface area (Å²) in [5.41, 5.74) is 3.73. The van der Waals surface area contributed by atoms with Gasteiger partial charge in [-0.3, -0.25) is 9.48 Å². The van der Waals surface area contributed by atoms with Gasteiger partial charge in [-0.1, -0.05) is 12.1 Å². The standard InChI is InChI=1S/C16H15IN4O/c1-9-8-11(14-10(2)20-21(3)15(14)18-9)16(22)19-13-7-5-4-6-12(13)17/h4-8H,1-3H3,(H,19,22). The van der Waals surface area contributed by atoms with Crippen molar-refractivity contribution in [2.24, 2.45) is 7.05 Å². The first-order chi connectivity index (χ1) is 10.5. The van der Waals surface area contributed by atoms with Crippen molar-refractivity contribution in [2.75, 3.05) is 5.32 Å². The van der Waals surface area contributed by atoms with Crippen LogP contribution >= 0.6 is 22.6 Å². The number of anilines is 1. The maximum atomic E-state index is 12.7. The van der Waals surface area contributed by atoms with Crippen molar-refractivity contribution in [1.82, 2.24) is 14.8 Å². The molecule has 0 unspecified atom stereocenters. The van der Waals surface area contributed by atoms with Crippen LogP contribution in [0.2, 0.25) is 0 Å². The van der Waals surface area contributed by atoms with E-state index >= 15 is 0 Å². The number of benzene rings is 1. The minimum Gasteiger partial charge on any atom is -0.321 e. The Bertz CT molecular complexity index is 885. The van der Waals surface area contributed by atoms with Gasteiger partial charge in [-0.05, 0) is 54.6 Å². The molecule has 2 aromatic heterocycles. The highest BCUT2D eigenvalue weighted by Gasteiger charge is 2.18. The lowest BCUT2D eigenvalue weighted by Gasteiger charge is -2.09. The van der Waals surface area contributed by atoms with Gasteiger partial charge < -0.3 is 5.32 Å². The average Bonchev–Trinajstić information content (AvgIpc) is 2.75. The number of halogens is 1. The zero-order chi connectivity index (χ0) is 15.9. The summed E-state index contributed by atoms with van der Waals surface area (Å²) >= 11 is 2.21. The number of hydrogen-bond donors (Lipinski definition) is 1. The van der Waals surface area contributed by atoms with Gasteiger partial charge in [-0.15, -0.1) is 0 Å². The Morgan fingerprint density at radius 1 is 1.27 bits per heavy atom. The second kappa shape index (κ2) is 5.68. The molecule has 1 amide bonds. The highest BCUT2D eigenvalue weighted by atomic mass is 127. The first-order valence-corrected chi connectivity index (χ1v) is 7.92. The van der Waals surface area contributed by atoms with Crippen LogP contribution in [0.15, 0.2) is 30.3 Å². The Kier molecular flexibility index (Phi) is 3.86. The number of aromatic nitrogens is 3. The molecule has 3 aromatic rings. The zero-order valence-electron chi connectivity index (χ0n) is 12.5. The summed E-state index contributed by atoms with van der Waals surface area (Å²) < 4.78 is 2.71. The smallest absolute Gasteiger partial charge is 0.256 e. The summed E-state index contributed by atoms with van der Waals surface area (Å²) in [4.78, 5) is 17.2. The van der Waals surface area contributed by atoms with Crippen molar-refractivity contribution in [3.8, 4) is 0 Å². The molecule has 0 atom stereocenters. The van der Waals surface area contributed by atoms with Gasteiger partial charge in [-0.25, -0.2) is 4.98 Å². The maximum absolute atomic E-state index is 12.7. The van der Waals surface area contributed by atoms with Crippen molar-refractivity contribution in [3.63, 3.8) is 0 Å². The molecule has 1 aromatic carbocycles. The van der Waals surface area contributed by atoms with E-state index in [2.05, 4.69) is 38.0 Å². The molecule has 5 nitrogen and oxygen atoms in total. The number of carbonyl (C=O) groups is 1. The molecule has 3 rings (SSSR count). The van der Waals surface area contributed by atoms with E-state index in [0.717, 1.165) is 31.7 Å². The van der Waals surface area contributed by atoms with E-state index in [0.29, 0.717) is 5.56 Å². The number of para-hydroxylation sites is 1. The van der Waals surface area contributed by atoms with Crippen LogP contribution in [0.3, 0.4) is 0 Å². The molecular weight excluding hydrogens is 391 g/mol. The van der Waals surface area contributed by atoms with Gasteiger partial charge >= 0.3 is 0 Å². The predicted octanol–water partition coefficient (Wildman–Crippen LogP) is 3.44. The van der Waals surface area contributed by atoms with Crippen molar-refractivity contribution >= 4 is 45.2 Å². The summed E-state index contributed by atoms with van der Waals surface area (Å²) in [5.74, 6) is -0.143.